The zero-order valence-electron chi connectivity index (χ0n) is 14.7. The summed E-state index contributed by atoms with van der Waals surface area (Å²) in [5, 5.41) is 25.6. The second-order valence-corrected chi connectivity index (χ2v) is 6.29. The first-order valence-corrected chi connectivity index (χ1v) is 8.40. The molecule has 0 aromatic rings. The molecule has 0 bridgehead atoms. The summed E-state index contributed by atoms with van der Waals surface area (Å²) < 4.78 is 10.8. The molecule has 0 aliphatic rings. The van der Waals surface area contributed by atoms with E-state index < -0.39 is 12.2 Å². The van der Waals surface area contributed by atoms with Crippen molar-refractivity contribution >= 4 is 0 Å². The third-order valence-corrected chi connectivity index (χ3v) is 2.97. The maximum Gasteiger partial charge on any atom is 0.0897 e. The molecule has 0 aromatic carbocycles. The van der Waals surface area contributed by atoms with E-state index in [2.05, 4.69) is 10.6 Å². The highest BCUT2D eigenvalue weighted by molar-refractivity contribution is 4.62. The molecule has 0 amide bonds. The zero-order chi connectivity index (χ0) is 16.8. The molecule has 2 atom stereocenters. The highest BCUT2D eigenvalue weighted by Crippen LogP contribution is 1.95. The summed E-state index contributed by atoms with van der Waals surface area (Å²) in [5.74, 6) is 0. The van der Waals surface area contributed by atoms with Crippen molar-refractivity contribution in [1.29, 1.82) is 0 Å². The molecule has 0 saturated carbocycles. The summed E-state index contributed by atoms with van der Waals surface area (Å²) in [7, 11) is 0. The summed E-state index contributed by atoms with van der Waals surface area (Å²) in [6.07, 6.45) is 0.875. The van der Waals surface area contributed by atoms with Crippen LogP contribution in [0, 0.1) is 0 Å². The minimum atomic E-state index is -0.456. The second-order valence-electron chi connectivity index (χ2n) is 6.29. The summed E-state index contributed by atoms with van der Waals surface area (Å²) in [6, 6.07) is 0.746. The Morgan fingerprint density at radius 3 is 1.41 bits per heavy atom. The average molecular weight is 320 g/mol. The van der Waals surface area contributed by atoms with Gasteiger partial charge in [0.2, 0.25) is 0 Å². The van der Waals surface area contributed by atoms with E-state index in [1.54, 1.807) is 0 Å². The topological polar surface area (TPSA) is 83.0 Å². The van der Waals surface area contributed by atoms with E-state index in [0.29, 0.717) is 51.6 Å². The van der Waals surface area contributed by atoms with Crippen LogP contribution in [0.15, 0.2) is 0 Å². The van der Waals surface area contributed by atoms with Crippen LogP contribution < -0.4 is 10.6 Å². The molecule has 0 heterocycles. The van der Waals surface area contributed by atoms with Crippen LogP contribution in [0.2, 0.25) is 0 Å². The minimum Gasteiger partial charge on any atom is -0.389 e. The Hall–Kier alpha value is -0.240. The van der Waals surface area contributed by atoms with Gasteiger partial charge in [0.25, 0.3) is 0 Å². The Labute approximate surface area is 135 Å². The molecular weight excluding hydrogens is 284 g/mol. The molecule has 22 heavy (non-hydrogen) atoms. The fourth-order valence-electron chi connectivity index (χ4n) is 1.71. The molecule has 0 saturated heterocycles. The van der Waals surface area contributed by atoms with Crippen LogP contribution in [0.25, 0.3) is 0 Å². The summed E-state index contributed by atoms with van der Waals surface area (Å²) in [4.78, 5) is 0. The van der Waals surface area contributed by atoms with E-state index >= 15 is 0 Å². The Balaban J connectivity index is 3.26. The van der Waals surface area contributed by atoms with Crippen LogP contribution in [0.5, 0.6) is 0 Å². The number of aliphatic hydroxyl groups is 2. The molecule has 0 fully saturated rings. The average Bonchev–Trinajstić information content (AvgIpc) is 2.45. The van der Waals surface area contributed by atoms with Gasteiger partial charge in [-0.15, -0.1) is 0 Å². The first kappa shape index (κ1) is 21.8. The van der Waals surface area contributed by atoms with Crippen LogP contribution in [-0.4, -0.2) is 74.0 Å². The molecule has 134 valence electrons. The third-order valence-electron chi connectivity index (χ3n) is 2.97. The predicted octanol–water partition coefficient (Wildman–Crippen LogP) is 0.518. The van der Waals surface area contributed by atoms with Crippen molar-refractivity contribution < 1.29 is 19.7 Å². The Morgan fingerprint density at radius 2 is 1.09 bits per heavy atom. The molecule has 6 nitrogen and oxygen atoms in total. The fourth-order valence-corrected chi connectivity index (χ4v) is 1.71. The van der Waals surface area contributed by atoms with Gasteiger partial charge in [-0.25, -0.2) is 0 Å². The first-order chi connectivity index (χ1) is 10.4. The van der Waals surface area contributed by atoms with Gasteiger partial charge >= 0.3 is 0 Å². The van der Waals surface area contributed by atoms with Gasteiger partial charge in [0, 0.05) is 38.4 Å². The summed E-state index contributed by atoms with van der Waals surface area (Å²) >= 11 is 0. The highest BCUT2D eigenvalue weighted by atomic mass is 16.5. The Bertz CT molecular complexity index is 216. The van der Waals surface area contributed by atoms with Crippen LogP contribution in [-0.2, 0) is 9.47 Å². The lowest BCUT2D eigenvalue weighted by atomic mass is 10.3. The van der Waals surface area contributed by atoms with Crippen molar-refractivity contribution in [2.24, 2.45) is 0 Å². The number of rotatable bonds is 15. The normalized spacial score (nSPS) is 14.7. The molecule has 4 N–H and O–H groups in total. The predicted molar refractivity (Wildman–Crippen MR) is 89.2 cm³/mol. The van der Waals surface area contributed by atoms with Crippen molar-refractivity contribution in [3.05, 3.63) is 0 Å². The van der Waals surface area contributed by atoms with Crippen molar-refractivity contribution in [3.63, 3.8) is 0 Å². The van der Waals surface area contributed by atoms with Gasteiger partial charge in [-0.1, -0.05) is 27.7 Å². The molecule has 6 heteroatoms. The number of unbranched alkanes of at least 4 members (excludes halogenated alkanes) is 1. The van der Waals surface area contributed by atoms with Gasteiger partial charge in [0.05, 0.1) is 25.4 Å². The lowest BCUT2D eigenvalue weighted by molar-refractivity contribution is 0.0209. The van der Waals surface area contributed by atoms with Crippen LogP contribution >= 0.6 is 0 Å². The molecule has 0 rings (SSSR count). The summed E-state index contributed by atoms with van der Waals surface area (Å²) in [6.45, 7) is 11.3. The summed E-state index contributed by atoms with van der Waals surface area (Å²) in [5.41, 5.74) is 0. The maximum absolute atomic E-state index is 9.64. The monoisotopic (exact) mass is 320 g/mol. The van der Waals surface area contributed by atoms with Crippen molar-refractivity contribution in [3.8, 4) is 0 Å². The fraction of sp³-hybridized carbons (Fsp3) is 1.00. The molecule has 0 spiro atoms. The number of hydrogen-bond donors (Lipinski definition) is 4. The largest absolute Gasteiger partial charge is 0.389 e. The minimum absolute atomic E-state index is 0.361. The number of ether oxygens (including phenoxy) is 2. The van der Waals surface area contributed by atoms with Gasteiger partial charge < -0.3 is 30.3 Å². The van der Waals surface area contributed by atoms with Gasteiger partial charge in [0.1, 0.15) is 0 Å². The number of aliphatic hydroxyl groups excluding tert-OH is 2. The quantitative estimate of drug-likeness (QED) is 0.329. The van der Waals surface area contributed by atoms with Crippen molar-refractivity contribution in [2.45, 2.75) is 64.8 Å². The highest BCUT2D eigenvalue weighted by Gasteiger charge is 2.06. The van der Waals surface area contributed by atoms with E-state index in [1.807, 2.05) is 27.7 Å². The van der Waals surface area contributed by atoms with Crippen molar-refractivity contribution in [2.75, 3.05) is 39.5 Å². The molecule has 0 aromatic heterocycles. The smallest absolute Gasteiger partial charge is 0.0897 e. The Morgan fingerprint density at radius 1 is 0.727 bits per heavy atom. The van der Waals surface area contributed by atoms with E-state index in [9.17, 15) is 10.2 Å². The van der Waals surface area contributed by atoms with E-state index in [-0.39, 0.29) is 0 Å². The van der Waals surface area contributed by atoms with E-state index in [1.165, 1.54) is 0 Å². The van der Waals surface area contributed by atoms with Crippen molar-refractivity contribution in [1.82, 2.24) is 10.6 Å². The third kappa shape index (κ3) is 16.1. The lowest BCUT2D eigenvalue weighted by Crippen LogP contribution is -2.34. The van der Waals surface area contributed by atoms with Crippen LogP contribution in [0.4, 0.5) is 0 Å². The molecule has 0 aliphatic heterocycles. The molecular formula is C16H36N2O4. The standard InChI is InChI=1S/C16H36N2O4/c1-13(2)17-9-15(19)11-21-7-5-6-8-22-12-16(20)10-18-14(3)4/h13-20H,5-12H2,1-4H3. The van der Waals surface area contributed by atoms with E-state index in [0.717, 1.165) is 12.8 Å². The van der Waals surface area contributed by atoms with Gasteiger partial charge in [0.15, 0.2) is 0 Å². The SMILES string of the molecule is CC(C)NCC(O)COCCCCOCC(O)CNC(C)C. The van der Waals surface area contributed by atoms with Crippen LogP contribution in [0.1, 0.15) is 40.5 Å². The van der Waals surface area contributed by atoms with Gasteiger partial charge in [-0.3, -0.25) is 0 Å². The lowest BCUT2D eigenvalue weighted by Gasteiger charge is -2.15. The Kier molecular flexibility index (Phi) is 14.2. The molecule has 0 radical (unpaired) electrons. The van der Waals surface area contributed by atoms with E-state index in [4.69, 9.17) is 9.47 Å². The number of nitrogens with one attached hydrogen (secondary N) is 2. The van der Waals surface area contributed by atoms with Gasteiger partial charge in [-0.2, -0.15) is 0 Å². The zero-order valence-corrected chi connectivity index (χ0v) is 14.7. The first-order valence-electron chi connectivity index (χ1n) is 8.40. The molecule has 0 aliphatic carbocycles. The second kappa shape index (κ2) is 14.4. The maximum atomic E-state index is 9.64. The van der Waals surface area contributed by atoms with Crippen LogP contribution in [0.3, 0.4) is 0 Å². The van der Waals surface area contributed by atoms with Gasteiger partial charge in [-0.05, 0) is 12.8 Å². The molecule has 2 unspecified atom stereocenters. The number of hydrogen-bond acceptors (Lipinski definition) is 6.